The summed E-state index contributed by atoms with van der Waals surface area (Å²) in [4.78, 5) is 23.7. The number of benzene rings is 2. The molecule has 0 atom stereocenters. The van der Waals surface area contributed by atoms with E-state index in [1.807, 2.05) is 18.2 Å². The largest absolute Gasteiger partial charge is 0.495 e. The second-order valence-electron chi connectivity index (χ2n) is 5.76. The standard InChI is InChI=1S/C20H19NO4/c1-13(22)21-17-12-15(5-8-20(17)24-2)18(23)6-3-14-4-7-19-16(11-14)9-10-25-19/h3-8,11-12H,9-10H2,1-2H3,(H,21,22). The molecule has 0 radical (unpaired) electrons. The summed E-state index contributed by atoms with van der Waals surface area (Å²) in [6, 6.07) is 10.8. The second kappa shape index (κ2) is 7.21. The molecule has 0 spiro atoms. The molecule has 1 aliphatic heterocycles. The van der Waals surface area contributed by atoms with Crippen molar-refractivity contribution >= 4 is 23.5 Å². The van der Waals surface area contributed by atoms with Gasteiger partial charge in [-0.1, -0.05) is 12.1 Å². The zero-order valence-electron chi connectivity index (χ0n) is 14.2. The van der Waals surface area contributed by atoms with E-state index in [9.17, 15) is 9.59 Å². The normalized spacial score (nSPS) is 12.6. The van der Waals surface area contributed by atoms with Gasteiger partial charge in [0.25, 0.3) is 0 Å². The number of fused-ring (bicyclic) bond motifs is 1. The zero-order chi connectivity index (χ0) is 17.8. The maximum atomic E-state index is 12.4. The molecule has 1 N–H and O–H groups in total. The Morgan fingerprint density at radius 2 is 2.04 bits per heavy atom. The molecule has 0 bridgehead atoms. The average molecular weight is 337 g/mol. The summed E-state index contributed by atoms with van der Waals surface area (Å²) < 4.78 is 10.7. The summed E-state index contributed by atoms with van der Waals surface area (Å²) in [7, 11) is 1.51. The third kappa shape index (κ3) is 3.88. The van der Waals surface area contributed by atoms with Crippen LogP contribution in [-0.4, -0.2) is 25.4 Å². The highest BCUT2D eigenvalue weighted by Gasteiger charge is 2.12. The number of amides is 1. The Labute approximate surface area is 146 Å². The summed E-state index contributed by atoms with van der Waals surface area (Å²) in [5.41, 5.74) is 3.06. The number of hydrogen-bond donors (Lipinski definition) is 1. The summed E-state index contributed by atoms with van der Waals surface area (Å²) in [5, 5.41) is 2.67. The van der Waals surface area contributed by atoms with Crippen LogP contribution in [0.2, 0.25) is 0 Å². The van der Waals surface area contributed by atoms with Crippen LogP contribution < -0.4 is 14.8 Å². The molecule has 5 nitrogen and oxygen atoms in total. The van der Waals surface area contributed by atoms with Gasteiger partial charge in [-0.25, -0.2) is 0 Å². The summed E-state index contributed by atoms with van der Waals surface area (Å²) in [6.45, 7) is 2.12. The molecule has 2 aromatic carbocycles. The van der Waals surface area contributed by atoms with Crippen molar-refractivity contribution in [3.8, 4) is 11.5 Å². The van der Waals surface area contributed by atoms with Crippen LogP contribution in [0.3, 0.4) is 0 Å². The van der Waals surface area contributed by atoms with Crippen molar-refractivity contribution in [2.75, 3.05) is 19.0 Å². The van der Waals surface area contributed by atoms with Crippen LogP contribution in [0.25, 0.3) is 6.08 Å². The van der Waals surface area contributed by atoms with Crippen LogP contribution in [0.15, 0.2) is 42.5 Å². The first kappa shape index (κ1) is 16.8. The molecule has 128 valence electrons. The lowest BCUT2D eigenvalue weighted by Gasteiger charge is -2.09. The number of ether oxygens (including phenoxy) is 2. The Balaban J connectivity index is 1.79. The monoisotopic (exact) mass is 337 g/mol. The minimum absolute atomic E-state index is 0.147. The van der Waals surface area contributed by atoms with E-state index < -0.39 is 0 Å². The van der Waals surface area contributed by atoms with E-state index in [1.54, 1.807) is 24.3 Å². The van der Waals surface area contributed by atoms with E-state index in [2.05, 4.69) is 5.32 Å². The first-order valence-electron chi connectivity index (χ1n) is 8.00. The van der Waals surface area contributed by atoms with Crippen molar-refractivity contribution in [3.63, 3.8) is 0 Å². The predicted octanol–water partition coefficient (Wildman–Crippen LogP) is 3.48. The maximum absolute atomic E-state index is 12.4. The van der Waals surface area contributed by atoms with E-state index in [1.165, 1.54) is 20.1 Å². The quantitative estimate of drug-likeness (QED) is 0.670. The molecule has 2 aromatic rings. The van der Waals surface area contributed by atoms with Gasteiger partial charge in [0.2, 0.25) is 5.91 Å². The van der Waals surface area contributed by atoms with Crippen LogP contribution >= 0.6 is 0 Å². The SMILES string of the molecule is COc1ccc(C(=O)C=Cc2ccc3c(c2)CCO3)cc1NC(C)=O. The van der Waals surface area contributed by atoms with Crippen molar-refractivity contribution in [1.82, 2.24) is 0 Å². The highest BCUT2D eigenvalue weighted by atomic mass is 16.5. The Morgan fingerprint density at radius 3 is 2.80 bits per heavy atom. The molecule has 0 saturated carbocycles. The molecule has 5 heteroatoms. The Kier molecular flexibility index (Phi) is 4.84. The third-order valence-corrected chi connectivity index (χ3v) is 3.94. The predicted molar refractivity (Wildman–Crippen MR) is 96.3 cm³/mol. The fourth-order valence-electron chi connectivity index (χ4n) is 2.73. The molecule has 0 unspecified atom stereocenters. The Hall–Kier alpha value is -3.08. The lowest BCUT2D eigenvalue weighted by Crippen LogP contribution is -2.08. The number of methoxy groups -OCH3 is 1. The molecule has 0 aromatic heterocycles. The molecule has 3 rings (SSSR count). The van der Waals surface area contributed by atoms with Crippen LogP contribution in [-0.2, 0) is 11.2 Å². The first-order chi connectivity index (χ1) is 12.1. The van der Waals surface area contributed by atoms with E-state index in [4.69, 9.17) is 9.47 Å². The minimum atomic E-state index is -0.223. The van der Waals surface area contributed by atoms with Crippen molar-refractivity contribution in [1.29, 1.82) is 0 Å². The van der Waals surface area contributed by atoms with Gasteiger partial charge in [-0.15, -0.1) is 0 Å². The van der Waals surface area contributed by atoms with Crippen molar-refractivity contribution in [2.24, 2.45) is 0 Å². The smallest absolute Gasteiger partial charge is 0.221 e. The van der Waals surface area contributed by atoms with Crippen molar-refractivity contribution < 1.29 is 19.1 Å². The van der Waals surface area contributed by atoms with Gasteiger partial charge in [0, 0.05) is 18.9 Å². The van der Waals surface area contributed by atoms with Gasteiger partial charge in [0.1, 0.15) is 11.5 Å². The van der Waals surface area contributed by atoms with Crippen LogP contribution in [0.4, 0.5) is 5.69 Å². The number of ketones is 1. The molecule has 1 heterocycles. The number of anilines is 1. The minimum Gasteiger partial charge on any atom is -0.495 e. The highest BCUT2D eigenvalue weighted by molar-refractivity contribution is 6.08. The van der Waals surface area contributed by atoms with Crippen LogP contribution in [0.1, 0.15) is 28.4 Å². The van der Waals surface area contributed by atoms with E-state index in [-0.39, 0.29) is 11.7 Å². The average Bonchev–Trinajstić information content (AvgIpc) is 3.06. The van der Waals surface area contributed by atoms with Crippen LogP contribution in [0.5, 0.6) is 11.5 Å². The number of carbonyl (C=O) groups excluding carboxylic acids is 2. The Bertz CT molecular complexity index is 855. The van der Waals surface area contributed by atoms with E-state index >= 15 is 0 Å². The van der Waals surface area contributed by atoms with E-state index in [0.29, 0.717) is 23.6 Å². The van der Waals surface area contributed by atoms with Gasteiger partial charge in [-0.3, -0.25) is 9.59 Å². The third-order valence-electron chi connectivity index (χ3n) is 3.94. The lowest BCUT2D eigenvalue weighted by molar-refractivity contribution is -0.114. The molecule has 0 fully saturated rings. The number of hydrogen-bond acceptors (Lipinski definition) is 4. The molecule has 1 amide bonds. The molecule has 0 saturated heterocycles. The van der Waals surface area contributed by atoms with Crippen molar-refractivity contribution in [2.45, 2.75) is 13.3 Å². The zero-order valence-corrected chi connectivity index (χ0v) is 14.2. The van der Waals surface area contributed by atoms with Gasteiger partial charge in [0.05, 0.1) is 19.4 Å². The van der Waals surface area contributed by atoms with Gasteiger partial charge >= 0.3 is 0 Å². The van der Waals surface area contributed by atoms with E-state index in [0.717, 1.165) is 23.3 Å². The highest BCUT2D eigenvalue weighted by Crippen LogP contribution is 2.27. The lowest BCUT2D eigenvalue weighted by atomic mass is 10.1. The number of nitrogens with one attached hydrogen (secondary N) is 1. The number of carbonyl (C=O) groups is 2. The maximum Gasteiger partial charge on any atom is 0.221 e. The Morgan fingerprint density at radius 1 is 1.20 bits per heavy atom. The molecule has 0 aliphatic carbocycles. The summed E-state index contributed by atoms with van der Waals surface area (Å²) >= 11 is 0. The molecular formula is C20H19NO4. The van der Waals surface area contributed by atoms with Gasteiger partial charge in [-0.05, 0) is 47.5 Å². The second-order valence-corrected chi connectivity index (χ2v) is 5.76. The van der Waals surface area contributed by atoms with Crippen LogP contribution in [0, 0.1) is 0 Å². The fraction of sp³-hybridized carbons (Fsp3) is 0.200. The van der Waals surface area contributed by atoms with Gasteiger partial charge in [0.15, 0.2) is 5.78 Å². The number of rotatable bonds is 5. The van der Waals surface area contributed by atoms with Gasteiger partial charge in [-0.2, -0.15) is 0 Å². The topological polar surface area (TPSA) is 64.6 Å². The first-order valence-corrected chi connectivity index (χ1v) is 8.00. The number of allylic oxidation sites excluding steroid dienone is 1. The molecule has 25 heavy (non-hydrogen) atoms. The molecule has 1 aliphatic rings. The fourth-order valence-corrected chi connectivity index (χ4v) is 2.73. The van der Waals surface area contributed by atoms with Crippen molar-refractivity contribution in [3.05, 3.63) is 59.2 Å². The summed E-state index contributed by atoms with van der Waals surface area (Å²) in [5.74, 6) is 1.05. The molecular weight excluding hydrogens is 318 g/mol. The summed E-state index contributed by atoms with van der Waals surface area (Å²) in [6.07, 6.45) is 4.20. The van der Waals surface area contributed by atoms with Gasteiger partial charge < -0.3 is 14.8 Å².